The molecule has 0 spiro atoms. The van der Waals surface area contributed by atoms with Crippen molar-refractivity contribution < 1.29 is 31.9 Å². The summed E-state index contributed by atoms with van der Waals surface area (Å²) in [6, 6.07) is 1.08. The normalized spacial score (nSPS) is 10.8. The number of benzene rings is 2. The summed E-state index contributed by atoms with van der Waals surface area (Å²) in [5, 5.41) is 8.33. The summed E-state index contributed by atoms with van der Waals surface area (Å²) in [6.07, 6.45) is 0. The van der Waals surface area contributed by atoms with Gasteiger partial charge in [0.05, 0.1) is 16.1 Å². The Morgan fingerprint density at radius 2 is 1.52 bits per heavy atom. The van der Waals surface area contributed by atoms with Crippen molar-refractivity contribution in [3.8, 4) is 11.1 Å². The molecule has 0 bridgehead atoms. The van der Waals surface area contributed by atoms with E-state index in [1.165, 1.54) is 0 Å². The van der Waals surface area contributed by atoms with Crippen molar-refractivity contribution in [1.82, 2.24) is 0 Å². The summed E-state index contributed by atoms with van der Waals surface area (Å²) >= 11 is 5.48. The van der Waals surface area contributed by atoms with E-state index in [4.69, 9.17) is 16.7 Å². The van der Waals surface area contributed by atoms with Gasteiger partial charge in [-0.3, -0.25) is 0 Å². The number of hydrogen-bond acceptors (Lipinski definition) is 1. The molecule has 0 unspecified atom stereocenters. The molecule has 2 aromatic carbocycles. The Kier molecular flexibility index (Phi) is 3.87. The van der Waals surface area contributed by atoms with Crippen LogP contribution in [-0.2, 0) is 0 Å². The van der Waals surface area contributed by atoms with Crippen LogP contribution in [0, 0.1) is 29.1 Å². The van der Waals surface area contributed by atoms with Crippen molar-refractivity contribution >= 4 is 17.6 Å². The lowest BCUT2D eigenvalue weighted by atomic mass is 10.0. The Morgan fingerprint density at radius 1 is 0.905 bits per heavy atom. The van der Waals surface area contributed by atoms with Crippen LogP contribution in [0.3, 0.4) is 0 Å². The molecular formula is C13H4ClF5O2. The van der Waals surface area contributed by atoms with Gasteiger partial charge in [0.15, 0.2) is 17.5 Å². The SMILES string of the molecule is O=C(O)c1cc(-c2c(F)cc(F)c(F)c2F)c(F)cc1Cl. The second-order valence-electron chi connectivity index (χ2n) is 3.96. The van der Waals surface area contributed by atoms with Crippen LogP contribution in [0.15, 0.2) is 18.2 Å². The van der Waals surface area contributed by atoms with Gasteiger partial charge in [-0.15, -0.1) is 0 Å². The van der Waals surface area contributed by atoms with E-state index in [9.17, 15) is 26.7 Å². The predicted octanol–water partition coefficient (Wildman–Crippen LogP) is 4.40. The van der Waals surface area contributed by atoms with E-state index in [2.05, 4.69) is 0 Å². The number of carbonyl (C=O) groups is 1. The van der Waals surface area contributed by atoms with Gasteiger partial charge in [0.25, 0.3) is 0 Å². The Labute approximate surface area is 119 Å². The second kappa shape index (κ2) is 5.33. The monoisotopic (exact) mass is 322 g/mol. The first-order valence-electron chi connectivity index (χ1n) is 5.29. The van der Waals surface area contributed by atoms with Crippen molar-refractivity contribution in [1.29, 1.82) is 0 Å². The van der Waals surface area contributed by atoms with Crippen molar-refractivity contribution in [3.63, 3.8) is 0 Å². The Bertz CT molecular complexity index is 761. The minimum absolute atomic E-state index is 0.0300. The van der Waals surface area contributed by atoms with Crippen molar-refractivity contribution in [2.24, 2.45) is 0 Å². The van der Waals surface area contributed by atoms with Crippen molar-refractivity contribution in [2.45, 2.75) is 0 Å². The maximum Gasteiger partial charge on any atom is 0.337 e. The Hall–Kier alpha value is -2.15. The molecule has 0 radical (unpaired) electrons. The first kappa shape index (κ1) is 15.2. The van der Waals surface area contributed by atoms with Gasteiger partial charge in [-0.25, -0.2) is 26.7 Å². The van der Waals surface area contributed by atoms with Crippen LogP contribution in [-0.4, -0.2) is 11.1 Å². The highest BCUT2D eigenvalue weighted by atomic mass is 35.5. The minimum Gasteiger partial charge on any atom is -0.478 e. The van der Waals surface area contributed by atoms with E-state index in [1.54, 1.807) is 0 Å². The first-order chi connectivity index (χ1) is 9.73. The van der Waals surface area contributed by atoms with Gasteiger partial charge in [-0.05, 0) is 12.1 Å². The molecule has 2 nitrogen and oxygen atoms in total. The van der Waals surface area contributed by atoms with Gasteiger partial charge in [0.2, 0.25) is 0 Å². The summed E-state index contributed by atoms with van der Waals surface area (Å²) in [5.74, 6) is -10.2. The first-order valence-corrected chi connectivity index (χ1v) is 5.67. The highest BCUT2D eigenvalue weighted by Gasteiger charge is 2.24. The molecule has 0 fully saturated rings. The predicted molar refractivity (Wildman–Crippen MR) is 63.6 cm³/mol. The van der Waals surface area contributed by atoms with Crippen LogP contribution in [0.5, 0.6) is 0 Å². The summed E-state index contributed by atoms with van der Waals surface area (Å²) in [4.78, 5) is 10.9. The highest BCUT2D eigenvalue weighted by Crippen LogP contribution is 2.33. The Balaban J connectivity index is 2.82. The van der Waals surface area contributed by atoms with Crippen LogP contribution >= 0.6 is 11.6 Å². The maximum absolute atomic E-state index is 13.7. The largest absolute Gasteiger partial charge is 0.478 e. The standard InChI is InChI=1S/C13H4ClF5O2/c14-6-2-7(15)5(1-4(6)13(20)21)10-8(16)3-9(17)11(18)12(10)19/h1-3H,(H,20,21). The van der Waals surface area contributed by atoms with Gasteiger partial charge in [0.1, 0.15) is 11.6 Å². The molecule has 8 heteroatoms. The Morgan fingerprint density at radius 3 is 2.10 bits per heavy atom. The molecule has 1 N–H and O–H groups in total. The molecule has 2 aromatic rings. The number of aromatic carboxylic acids is 1. The van der Waals surface area contributed by atoms with E-state index < -0.39 is 56.8 Å². The van der Waals surface area contributed by atoms with Gasteiger partial charge < -0.3 is 5.11 Å². The van der Waals surface area contributed by atoms with Crippen LogP contribution < -0.4 is 0 Å². The molecule has 21 heavy (non-hydrogen) atoms. The molecule has 110 valence electrons. The molecule has 2 rings (SSSR count). The molecular weight excluding hydrogens is 319 g/mol. The number of carboxylic acids is 1. The van der Waals surface area contributed by atoms with Crippen molar-refractivity contribution in [2.75, 3.05) is 0 Å². The van der Waals surface area contributed by atoms with Gasteiger partial charge in [0, 0.05) is 11.6 Å². The number of rotatable bonds is 2. The fourth-order valence-electron chi connectivity index (χ4n) is 1.72. The van der Waals surface area contributed by atoms with E-state index in [-0.39, 0.29) is 6.07 Å². The molecule has 0 aliphatic carbocycles. The number of hydrogen-bond donors (Lipinski definition) is 1. The molecule has 0 heterocycles. The van der Waals surface area contributed by atoms with Gasteiger partial charge in [-0.1, -0.05) is 11.6 Å². The topological polar surface area (TPSA) is 37.3 Å². The molecule has 0 aliphatic heterocycles. The quantitative estimate of drug-likeness (QED) is 0.505. The molecule has 0 amide bonds. The lowest BCUT2D eigenvalue weighted by Gasteiger charge is -2.10. The molecule has 0 saturated heterocycles. The zero-order valence-electron chi connectivity index (χ0n) is 9.86. The van der Waals surface area contributed by atoms with Crippen LogP contribution in [0.2, 0.25) is 5.02 Å². The van der Waals surface area contributed by atoms with E-state index in [0.717, 1.165) is 0 Å². The summed E-state index contributed by atoms with van der Waals surface area (Å²) < 4.78 is 67.0. The lowest BCUT2D eigenvalue weighted by molar-refractivity contribution is 0.0697. The van der Waals surface area contributed by atoms with Gasteiger partial charge in [-0.2, -0.15) is 0 Å². The van der Waals surface area contributed by atoms with E-state index >= 15 is 0 Å². The zero-order valence-corrected chi connectivity index (χ0v) is 10.6. The third-order valence-electron chi connectivity index (χ3n) is 2.67. The van der Waals surface area contributed by atoms with E-state index in [1.807, 2.05) is 0 Å². The van der Waals surface area contributed by atoms with Crippen LogP contribution in [0.25, 0.3) is 11.1 Å². The average molecular weight is 323 g/mol. The minimum atomic E-state index is -2.00. The summed E-state index contributed by atoms with van der Waals surface area (Å²) in [7, 11) is 0. The number of halogens is 6. The second-order valence-corrected chi connectivity index (χ2v) is 4.37. The van der Waals surface area contributed by atoms with E-state index in [0.29, 0.717) is 12.1 Å². The zero-order chi connectivity index (χ0) is 15.9. The fourth-order valence-corrected chi connectivity index (χ4v) is 1.95. The third kappa shape index (κ3) is 2.56. The fraction of sp³-hybridized carbons (Fsp3) is 0. The molecule has 0 aromatic heterocycles. The van der Waals surface area contributed by atoms with Crippen LogP contribution in [0.1, 0.15) is 10.4 Å². The highest BCUT2D eigenvalue weighted by molar-refractivity contribution is 6.33. The number of carboxylic acid groups (broad SMARTS) is 1. The molecule has 0 atom stereocenters. The average Bonchev–Trinajstić information content (AvgIpc) is 2.38. The molecule has 0 aliphatic rings. The summed E-state index contributed by atoms with van der Waals surface area (Å²) in [6.45, 7) is 0. The lowest BCUT2D eigenvalue weighted by Crippen LogP contribution is -2.03. The van der Waals surface area contributed by atoms with Crippen molar-refractivity contribution in [3.05, 3.63) is 57.9 Å². The van der Waals surface area contributed by atoms with Gasteiger partial charge >= 0.3 is 5.97 Å². The smallest absolute Gasteiger partial charge is 0.337 e. The maximum atomic E-state index is 13.7. The summed E-state index contributed by atoms with van der Waals surface area (Å²) in [5.41, 5.74) is -2.74. The molecule has 0 saturated carbocycles. The van der Waals surface area contributed by atoms with Crippen LogP contribution in [0.4, 0.5) is 22.0 Å². The third-order valence-corrected chi connectivity index (χ3v) is 2.98.